The topological polar surface area (TPSA) is 362 Å². The molecule has 0 aliphatic carbocycles. The van der Waals surface area contributed by atoms with Gasteiger partial charge in [0, 0.05) is 31.2 Å². The van der Waals surface area contributed by atoms with Gasteiger partial charge in [0.1, 0.15) is 24.2 Å². The van der Waals surface area contributed by atoms with E-state index in [0.29, 0.717) is 12.0 Å². The number of ketones is 2. The number of rotatable bonds is 26. The van der Waals surface area contributed by atoms with Gasteiger partial charge < -0.3 is 65.3 Å². The molecule has 1 aromatic rings. The van der Waals surface area contributed by atoms with Gasteiger partial charge in [-0.2, -0.15) is 0 Å². The normalized spacial score (nSPS) is 23.2. The molecule has 0 unspecified atom stereocenters. The van der Waals surface area contributed by atoms with Gasteiger partial charge in [0.25, 0.3) is 0 Å². The lowest BCUT2D eigenvalue weighted by Crippen LogP contribution is -2.59. The molecule has 1 aliphatic heterocycles. The van der Waals surface area contributed by atoms with E-state index < -0.39 is 120 Å². The number of carbonyl (C=O) groups excluding carboxylic acids is 9. The maximum atomic E-state index is 14.5. The quantitative estimate of drug-likeness (QED) is 0.0560. The third kappa shape index (κ3) is 24.8. The monoisotopic (exact) mass is 1040 g/mol. The molecule has 7 amide bonds. The predicted molar refractivity (Wildman–Crippen MR) is 283 cm³/mol. The summed E-state index contributed by atoms with van der Waals surface area (Å²) in [6.07, 6.45) is 3.39. The Morgan fingerprint density at radius 3 is 1.68 bits per heavy atom. The van der Waals surface area contributed by atoms with Gasteiger partial charge in [-0.3, -0.25) is 43.2 Å². The Balaban J connectivity index is 2.68. The maximum absolute atomic E-state index is 14.5. The predicted octanol–water partition coefficient (Wildman–Crippen LogP) is 0.407. The van der Waals surface area contributed by atoms with Gasteiger partial charge in [0.05, 0.1) is 24.6 Å². The molecule has 0 aromatic heterocycles. The lowest BCUT2D eigenvalue weighted by Gasteiger charge is -2.28. The van der Waals surface area contributed by atoms with Crippen molar-refractivity contribution in [1.82, 2.24) is 37.2 Å². The van der Waals surface area contributed by atoms with Crippen LogP contribution in [0.25, 0.3) is 0 Å². The number of benzene rings is 1. The van der Waals surface area contributed by atoms with Crippen LogP contribution >= 0.6 is 0 Å². The largest absolute Gasteiger partial charge is 0.393 e. The van der Waals surface area contributed by atoms with Crippen LogP contribution in [0, 0.1) is 23.7 Å². The van der Waals surface area contributed by atoms with E-state index in [-0.39, 0.29) is 102 Å². The summed E-state index contributed by atoms with van der Waals surface area (Å²) in [5, 5.41) is 29.8. The molecule has 1 fully saturated rings. The molecule has 418 valence electrons. The van der Waals surface area contributed by atoms with Crippen molar-refractivity contribution in [2.45, 2.75) is 186 Å². The Hall–Kier alpha value is -5.35. The van der Waals surface area contributed by atoms with Crippen LogP contribution in [0.2, 0.25) is 0 Å². The number of unbranched alkanes of at least 4 members (excludes halogenated alkanes) is 4. The highest BCUT2D eigenvalue weighted by Gasteiger charge is 2.36. The summed E-state index contributed by atoms with van der Waals surface area (Å²) in [6.45, 7) is 9.20. The van der Waals surface area contributed by atoms with Crippen LogP contribution in [0.5, 0.6) is 0 Å². The van der Waals surface area contributed by atoms with Crippen LogP contribution in [-0.4, -0.2) is 133 Å². The molecule has 0 bridgehead atoms. The van der Waals surface area contributed by atoms with Crippen molar-refractivity contribution in [2.75, 3.05) is 32.7 Å². The number of amides is 7. The van der Waals surface area contributed by atoms with E-state index in [1.54, 1.807) is 30.3 Å². The van der Waals surface area contributed by atoms with Gasteiger partial charge in [0.15, 0.2) is 11.6 Å². The number of carbonyl (C=O) groups is 9. The molecule has 16 N–H and O–H groups in total. The van der Waals surface area contributed by atoms with E-state index in [2.05, 4.69) is 44.1 Å². The highest BCUT2D eigenvalue weighted by Crippen LogP contribution is 2.20. The zero-order valence-electron chi connectivity index (χ0n) is 44.7. The summed E-state index contributed by atoms with van der Waals surface area (Å²) >= 11 is 0. The van der Waals surface area contributed by atoms with E-state index in [9.17, 15) is 48.3 Å². The van der Waals surface area contributed by atoms with Crippen LogP contribution in [0.3, 0.4) is 0 Å². The fraction of sp³-hybridized carbons (Fsp3) is 0.717. The Morgan fingerprint density at radius 1 is 0.622 bits per heavy atom. The molecule has 1 aliphatic rings. The molecule has 0 radical (unpaired) electrons. The molecular weight excluding hydrogens is 951 g/mol. The lowest BCUT2D eigenvalue weighted by molar-refractivity contribution is -0.136. The van der Waals surface area contributed by atoms with Crippen LogP contribution < -0.4 is 60.2 Å². The summed E-state index contributed by atoms with van der Waals surface area (Å²) in [4.78, 5) is 127. The van der Waals surface area contributed by atoms with Gasteiger partial charge in [-0.15, -0.1) is 0 Å². The summed E-state index contributed by atoms with van der Waals surface area (Å²) in [5.41, 5.74) is 24.4. The van der Waals surface area contributed by atoms with Crippen LogP contribution in [-0.2, 0) is 49.6 Å². The van der Waals surface area contributed by atoms with Crippen LogP contribution in [0.4, 0.5) is 0 Å². The van der Waals surface area contributed by atoms with Crippen LogP contribution in [0.15, 0.2) is 30.3 Å². The minimum atomic E-state index is -1.24. The SMILES string of the molecule is CCCCCCC[C@@H](O)CC(=O)N[C@@H](CCN)C(=O)C[C@H]1CCNC(=O)[C@H](CC(C)C)NC(=O)[C@H](CCN)NC(=O)[C@H](CCN)NC(=O)[C@H](CC(C)C)NC(=O)[C@@H](Cc2ccccc2)CC(=O)[C@H](CCN)NC1=O. The first kappa shape index (κ1) is 64.8. The second-order valence-electron chi connectivity index (χ2n) is 20.6. The first-order valence-electron chi connectivity index (χ1n) is 26.9. The fourth-order valence-electron chi connectivity index (χ4n) is 8.93. The van der Waals surface area contributed by atoms with Gasteiger partial charge in [-0.25, -0.2) is 0 Å². The van der Waals surface area contributed by atoms with Gasteiger partial charge in [-0.05, 0) is 101 Å². The molecule has 21 nitrogen and oxygen atoms in total. The van der Waals surface area contributed by atoms with E-state index in [1.807, 2.05) is 27.7 Å². The first-order valence-corrected chi connectivity index (χ1v) is 26.9. The Morgan fingerprint density at radius 2 is 1.12 bits per heavy atom. The average Bonchev–Trinajstić information content (AvgIpc) is 3.34. The highest BCUT2D eigenvalue weighted by atomic mass is 16.3. The molecule has 1 saturated heterocycles. The Kier molecular flexibility index (Phi) is 31.3. The average molecular weight is 1040 g/mol. The second kappa shape index (κ2) is 35.8. The summed E-state index contributed by atoms with van der Waals surface area (Å²) in [7, 11) is 0. The van der Waals surface area contributed by atoms with Crippen molar-refractivity contribution in [1.29, 1.82) is 0 Å². The van der Waals surface area contributed by atoms with Crippen molar-refractivity contribution < 1.29 is 48.3 Å². The summed E-state index contributed by atoms with van der Waals surface area (Å²) in [6, 6.07) is 1.80. The minimum absolute atomic E-state index is 0.00430. The third-order valence-corrected chi connectivity index (χ3v) is 13.0. The zero-order valence-corrected chi connectivity index (χ0v) is 44.7. The minimum Gasteiger partial charge on any atom is -0.393 e. The van der Waals surface area contributed by atoms with Gasteiger partial charge in [-0.1, -0.05) is 97.1 Å². The van der Waals surface area contributed by atoms with Crippen molar-refractivity contribution >= 4 is 52.9 Å². The highest BCUT2D eigenvalue weighted by molar-refractivity contribution is 5.98. The Labute approximate surface area is 438 Å². The number of nitrogens with one attached hydrogen (secondary N) is 7. The third-order valence-electron chi connectivity index (χ3n) is 13.0. The van der Waals surface area contributed by atoms with Crippen molar-refractivity contribution in [2.24, 2.45) is 46.6 Å². The Bertz CT molecular complexity index is 1920. The fourth-order valence-corrected chi connectivity index (χ4v) is 8.93. The maximum Gasteiger partial charge on any atom is 0.243 e. The number of hydrogen-bond acceptors (Lipinski definition) is 14. The van der Waals surface area contributed by atoms with Crippen molar-refractivity contribution in [3.05, 3.63) is 35.9 Å². The molecule has 0 spiro atoms. The standard InChI is InChI=1S/C53H91N11O10/c1-6-7-8-9-13-16-38(65)32-47(68)59-39(17-22-54)45(66)30-36-21-26-58-50(71)43(27-33(2)3)64-52(73)42(20-25-57)61-51(72)41(19-24-56)62-53(74)44(28-34(4)5)63-49(70)37(29-35-14-11-10-12-15-35)31-46(67)40(18-23-55)60-48(36)69/h10-12,14-15,33-34,36-44,65H,6-9,13,16-32,54-57H2,1-5H3,(H,58,71)(H,59,68)(H,60,69)(H,61,72)(H,62,74)(H,63,70)(H,64,73)/t36-,37+,38-,39+,40+,41+,42+,43+,44+/m1/s1. The molecular formula is C53H91N11O10. The number of hydrogen-bond donors (Lipinski definition) is 12. The molecule has 9 atom stereocenters. The van der Waals surface area contributed by atoms with Gasteiger partial charge in [0.2, 0.25) is 41.4 Å². The zero-order chi connectivity index (χ0) is 55.2. The molecule has 2 rings (SSSR count). The van der Waals surface area contributed by atoms with E-state index >= 15 is 0 Å². The molecule has 1 heterocycles. The molecule has 1 aromatic carbocycles. The number of aliphatic hydroxyl groups is 1. The molecule has 21 heteroatoms. The first-order chi connectivity index (χ1) is 35.3. The van der Waals surface area contributed by atoms with Crippen molar-refractivity contribution in [3.63, 3.8) is 0 Å². The second-order valence-corrected chi connectivity index (χ2v) is 20.6. The van der Waals surface area contributed by atoms with Crippen LogP contribution in [0.1, 0.15) is 143 Å². The molecule has 0 saturated carbocycles. The van der Waals surface area contributed by atoms with Crippen molar-refractivity contribution in [3.8, 4) is 0 Å². The number of aliphatic hydroxyl groups excluding tert-OH is 1. The lowest BCUT2D eigenvalue weighted by atomic mass is 9.89. The summed E-state index contributed by atoms with van der Waals surface area (Å²) < 4.78 is 0. The van der Waals surface area contributed by atoms with Gasteiger partial charge >= 0.3 is 0 Å². The molecule has 74 heavy (non-hydrogen) atoms. The number of Topliss-reactive ketones (excluding diaryl/α,β-unsaturated/α-hetero) is 2. The number of nitrogens with two attached hydrogens (primary N) is 4. The van der Waals surface area contributed by atoms with E-state index in [1.165, 1.54) is 0 Å². The van der Waals surface area contributed by atoms with E-state index in [4.69, 9.17) is 22.9 Å². The van der Waals surface area contributed by atoms with E-state index in [0.717, 1.165) is 32.1 Å². The summed E-state index contributed by atoms with van der Waals surface area (Å²) in [5.74, 6) is -8.30. The smallest absolute Gasteiger partial charge is 0.243 e.